The van der Waals surface area contributed by atoms with Gasteiger partial charge in [0.1, 0.15) is 0 Å². The molecule has 0 aliphatic rings. The van der Waals surface area contributed by atoms with E-state index < -0.39 is 11.7 Å². The Bertz CT molecular complexity index is 612. The second-order valence-electron chi connectivity index (χ2n) is 4.24. The van der Waals surface area contributed by atoms with Crippen LogP contribution in [0, 0.1) is 0 Å². The van der Waals surface area contributed by atoms with E-state index in [0.29, 0.717) is 16.4 Å². The van der Waals surface area contributed by atoms with E-state index >= 15 is 0 Å². The molecule has 0 saturated heterocycles. The van der Waals surface area contributed by atoms with Crippen molar-refractivity contribution in [3.05, 3.63) is 58.6 Å². The van der Waals surface area contributed by atoms with Gasteiger partial charge >= 0.3 is 6.18 Å². The molecule has 6 heteroatoms. The smallest absolute Gasteiger partial charge is 0.397 e. The van der Waals surface area contributed by atoms with E-state index in [9.17, 15) is 13.2 Å². The number of nitrogens with two attached hydrogens (primary N) is 1. The van der Waals surface area contributed by atoms with Gasteiger partial charge in [-0.05, 0) is 29.8 Å². The van der Waals surface area contributed by atoms with Gasteiger partial charge in [-0.2, -0.15) is 13.2 Å². The van der Waals surface area contributed by atoms with Crippen molar-refractivity contribution in [2.45, 2.75) is 12.7 Å². The van der Waals surface area contributed by atoms with Crippen molar-refractivity contribution in [3.63, 3.8) is 0 Å². The van der Waals surface area contributed by atoms with Gasteiger partial charge in [0.15, 0.2) is 0 Å². The quantitative estimate of drug-likeness (QED) is 0.816. The van der Waals surface area contributed by atoms with Crippen LogP contribution in [-0.4, -0.2) is 0 Å². The second kappa shape index (κ2) is 5.63. The van der Waals surface area contributed by atoms with Crippen LogP contribution in [0.3, 0.4) is 0 Å². The minimum Gasteiger partial charge on any atom is -0.397 e. The largest absolute Gasteiger partial charge is 0.416 e. The van der Waals surface area contributed by atoms with Crippen molar-refractivity contribution in [1.29, 1.82) is 0 Å². The number of alkyl halides is 3. The summed E-state index contributed by atoms with van der Waals surface area (Å²) < 4.78 is 38.5. The summed E-state index contributed by atoms with van der Waals surface area (Å²) in [6.07, 6.45) is -4.37. The summed E-state index contributed by atoms with van der Waals surface area (Å²) in [4.78, 5) is 0. The molecular weight excluding hydrogens is 289 g/mol. The van der Waals surface area contributed by atoms with Crippen LogP contribution in [-0.2, 0) is 12.7 Å². The molecular formula is C14H12ClF3N2. The fourth-order valence-electron chi connectivity index (χ4n) is 1.84. The molecule has 2 aromatic rings. The van der Waals surface area contributed by atoms with E-state index in [1.807, 2.05) is 0 Å². The first kappa shape index (κ1) is 14.5. The predicted octanol–water partition coefficient (Wildman–Crippen LogP) is 4.55. The van der Waals surface area contributed by atoms with E-state index in [2.05, 4.69) is 5.32 Å². The average molecular weight is 301 g/mol. The van der Waals surface area contributed by atoms with Crippen molar-refractivity contribution in [1.82, 2.24) is 0 Å². The van der Waals surface area contributed by atoms with Crippen molar-refractivity contribution in [3.8, 4) is 0 Å². The molecule has 0 atom stereocenters. The molecule has 0 spiro atoms. The number of nitrogen functional groups attached to an aromatic ring is 1. The SMILES string of the molecule is Nc1cc(Cl)ccc1NCc1ccccc1C(F)(F)F. The highest BCUT2D eigenvalue weighted by Gasteiger charge is 2.32. The Balaban J connectivity index is 2.19. The van der Waals surface area contributed by atoms with Gasteiger partial charge in [-0.1, -0.05) is 29.8 Å². The number of nitrogens with one attached hydrogen (secondary N) is 1. The first-order valence-electron chi connectivity index (χ1n) is 5.82. The minimum atomic E-state index is -4.37. The van der Waals surface area contributed by atoms with Gasteiger partial charge in [-0.25, -0.2) is 0 Å². The molecule has 0 fully saturated rings. The van der Waals surface area contributed by atoms with Crippen LogP contribution in [0.15, 0.2) is 42.5 Å². The highest BCUT2D eigenvalue weighted by Crippen LogP contribution is 2.32. The predicted molar refractivity (Wildman–Crippen MR) is 74.6 cm³/mol. The fraction of sp³-hybridized carbons (Fsp3) is 0.143. The number of halogens is 4. The number of anilines is 2. The highest BCUT2D eigenvalue weighted by atomic mass is 35.5. The van der Waals surface area contributed by atoms with Gasteiger partial charge in [0, 0.05) is 11.6 Å². The third-order valence-corrected chi connectivity index (χ3v) is 3.04. The van der Waals surface area contributed by atoms with E-state index in [4.69, 9.17) is 17.3 Å². The maximum absolute atomic E-state index is 12.8. The summed E-state index contributed by atoms with van der Waals surface area (Å²) in [6.45, 7) is 0.0293. The van der Waals surface area contributed by atoms with Gasteiger partial charge in [0.2, 0.25) is 0 Å². The van der Waals surface area contributed by atoms with Crippen molar-refractivity contribution in [2.24, 2.45) is 0 Å². The summed E-state index contributed by atoms with van der Waals surface area (Å²) in [5, 5.41) is 3.36. The Hall–Kier alpha value is -1.88. The molecule has 0 amide bonds. The van der Waals surface area contributed by atoms with Crippen molar-refractivity contribution in [2.75, 3.05) is 11.1 Å². The maximum Gasteiger partial charge on any atom is 0.416 e. The summed E-state index contributed by atoms with van der Waals surface area (Å²) in [5.41, 5.74) is 6.19. The minimum absolute atomic E-state index is 0.0293. The number of hydrogen-bond donors (Lipinski definition) is 2. The Morgan fingerprint density at radius 1 is 1.10 bits per heavy atom. The third-order valence-electron chi connectivity index (χ3n) is 2.81. The lowest BCUT2D eigenvalue weighted by Gasteiger charge is -2.14. The molecule has 3 N–H and O–H groups in total. The molecule has 2 nitrogen and oxygen atoms in total. The van der Waals surface area contributed by atoms with E-state index in [1.54, 1.807) is 24.3 Å². The standard InChI is InChI=1S/C14H12ClF3N2/c15-10-5-6-13(12(19)7-10)20-8-9-3-1-2-4-11(9)14(16,17)18/h1-7,20H,8,19H2. The molecule has 2 aromatic carbocycles. The lowest BCUT2D eigenvalue weighted by molar-refractivity contribution is -0.138. The van der Waals surface area contributed by atoms with Gasteiger partial charge in [-0.15, -0.1) is 0 Å². The van der Waals surface area contributed by atoms with Crippen molar-refractivity contribution >= 4 is 23.0 Å². The first-order chi connectivity index (χ1) is 9.38. The van der Waals surface area contributed by atoms with Gasteiger partial charge in [0.05, 0.1) is 16.9 Å². The topological polar surface area (TPSA) is 38.0 Å². The molecule has 0 aromatic heterocycles. The zero-order valence-corrected chi connectivity index (χ0v) is 11.1. The summed E-state index contributed by atoms with van der Waals surface area (Å²) >= 11 is 5.76. The van der Waals surface area contributed by atoms with Crippen LogP contribution in [0.4, 0.5) is 24.5 Å². The molecule has 0 aliphatic heterocycles. The Morgan fingerprint density at radius 3 is 2.45 bits per heavy atom. The Morgan fingerprint density at radius 2 is 1.80 bits per heavy atom. The number of hydrogen-bond acceptors (Lipinski definition) is 2. The second-order valence-corrected chi connectivity index (χ2v) is 4.68. The zero-order chi connectivity index (χ0) is 14.8. The molecule has 2 rings (SSSR count). The Labute approximate surface area is 119 Å². The van der Waals surface area contributed by atoms with Crippen LogP contribution >= 0.6 is 11.6 Å². The van der Waals surface area contributed by atoms with Crippen LogP contribution in [0.25, 0.3) is 0 Å². The summed E-state index contributed by atoms with van der Waals surface area (Å²) in [7, 11) is 0. The molecule has 0 radical (unpaired) electrons. The van der Waals surface area contributed by atoms with E-state index in [-0.39, 0.29) is 12.1 Å². The van der Waals surface area contributed by atoms with Crippen LogP contribution in [0.2, 0.25) is 5.02 Å². The highest BCUT2D eigenvalue weighted by molar-refractivity contribution is 6.31. The molecule has 0 saturated carbocycles. The van der Waals surface area contributed by atoms with Crippen LogP contribution < -0.4 is 11.1 Å². The molecule has 0 aliphatic carbocycles. The van der Waals surface area contributed by atoms with E-state index in [0.717, 1.165) is 6.07 Å². The van der Waals surface area contributed by atoms with Crippen molar-refractivity contribution < 1.29 is 13.2 Å². The number of rotatable bonds is 3. The summed E-state index contributed by atoms with van der Waals surface area (Å²) in [6, 6.07) is 10.2. The fourth-order valence-corrected chi connectivity index (χ4v) is 2.02. The zero-order valence-electron chi connectivity index (χ0n) is 10.3. The first-order valence-corrected chi connectivity index (χ1v) is 6.20. The lowest BCUT2D eigenvalue weighted by Crippen LogP contribution is -2.12. The van der Waals surface area contributed by atoms with Crippen LogP contribution in [0.1, 0.15) is 11.1 Å². The maximum atomic E-state index is 12.8. The van der Waals surface area contributed by atoms with Crippen LogP contribution in [0.5, 0.6) is 0 Å². The van der Waals surface area contributed by atoms with Gasteiger partial charge in [0.25, 0.3) is 0 Å². The third kappa shape index (κ3) is 3.36. The molecule has 106 valence electrons. The van der Waals surface area contributed by atoms with Gasteiger partial charge in [-0.3, -0.25) is 0 Å². The Kier molecular flexibility index (Phi) is 4.09. The molecule has 20 heavy (non-hydrogen) atoms. The monoisotopic (exact) mass is 300 g/mol. The van der Waals surface area contributed by atoms with E-state index in [1.165, 1.54) is 12.1 Å². The molecule has 0 bridgehead atoms. The lowest BCUT2D eigenvalue weighted by atomic mass is 10.1. The average Bonchev–Trinajstić information content (AvgIpc) is 2.37. The number of benzene rings is 2. The molecule has 0 heterocycles. The molecule has 0 unspecified atom stereocenters. The van der Waals surface area contributed by atoms with Gasteiger partial charge < -0.3 is 11.1 Å². The normalized spacial score (nSPS) is 11.4. The summed E-state index contributed by atoms with van der Waals surface area (Å²) in [5.74, 6) is 0.